The second-order valence-electron chi connectivity index (χ2n) is 7.49. The number of aliphatic hydroxyl groups excluding tert-OH is 1. The lowest BCUT2D eigenvalue weighted by atomic mass is 9.99. The third kappa shape index (κ3) is 6.09. The van der Waals surface area contributed by atoms with E-state index < -0.39 is 16.1 Å². The van der Waals surface area contributed by atoms with Crippen LogP contribution < -0.4 is 9.04 Å². The lowest BCUT2D eigenvalue weighted by Gasteiger charge is -2.21. The largest absolute Gasteiger partial charge is 0.491 e. The summed E-state index contributed by atoms with van der Waals surface area (Å²) in [5, 5.41) is 11.1. The molecule has 0 radical (unpaired) electrons. The Bertz CT molecular complexity index is 921. The monoisotopic (exact) mass is 438 g/mol. The molecule has 3 rings (SSSR count). The van der Waals surface area contributed by atoms with Crippen molar-refractivity contribution in [2.45, 2.75) is 18.4 Å². The lowest BCUT2D eigenvalue weighted by molar-refractivity contribution is 0.0754. The summed E-state index contributed by atoms with van der Waals surface area (Å²) in [7, 11) is -1.79. The maximum atomic E-state index is 11.6. The van der Waals surface area contributed by atoms with E-state index in [1.54, 1.807) is 24.3 Å². The zero-order valence-corrected chi connectivity index (χ0v) is 18.2. The standard InChI is InChI=1S/C21H27ClN2O4S/c1-23(29(2,26)27)19-6-8-21(9-7-19)28-15-20(25)14-24-11-10-17(13-24)16-4-3-5-18(22)12-16/h3-9,12,17,20,25H,10-11,13-15H2,1-2H3/t17?,20-/m0/s1. The molecule has 0 spiro atoms. The molecule has 1 fully saturated rings. The molecular weight excluding hydrogens is 412 g/mol. The van der Waals surface area contributed by atoms with E-state index in [2.05, 4.69) is 11.0 Å². The van der Waals surface area contributed by atoms with E-state index in [1.165, 1.54) is 16.9 Å². The van der Waals surface area contributed by atoms with Crippen LogP contribution in [0.4, 0.5) is 5.69 Å². The molecule has 1 N–H and O–H groups in total. The third-order valence-corrected chi connectivity index (χ3v) is 6.64. The first kappa shape index (κ1) is 21.9. The fourth-order valence-electron chi connectivity index (χ4n) is 3.52. The molecule has 1 unspecified atom stereocenters. The van der Waals surface area contributed by atoms with Gasteiger partial charge in [0.2, 0.25) is 10.0 Å². The van der Waals surface area contributed by atoms with Crippen LogP contribution in [0.1, 0.15) is 17.9 Å². The zero-order chi connectivity index (χ0) is 21.0. The quantitative estimate of drug-likeness (QED) is 0.686. The molecule has 0 saturated carbocycles. The summed E-state index contributed by atoms with van der Waals surface area (Å²) in [4.78, 5) is 2.24. The van der Waals surface area contributed by atoms with Crippen LogP contribution in [0.2, 0.25) is 5.02 Å². The van der Waals surface area contributed by atoms with E-state index >= 15 is 0 Å². The Kier molecular flexibility index (Phi) is 7.05. The predicted octanol–water partition coefficient (Wildman–Crippen LogP) is 2.97. The van der Waals surface area contributed by atoms with Crippen LogP contribution in [-0.2, 0) is 10.0 Å². The van der Waals surface area contributed by atoms with Crippen LogP contribution in [0.15, 0.2) is 48.5 Å². The SMILES string of the molecule is CN(c1ccc(OC[C@@H](O)CN2CCC(c3cccc(Cl)c3)C2)cc1)S(C)(=O)=O. The highest BCUT2D eigenvalue weighted by Gasteiger charge is 2.25. The summed E-state index contributed by atoms with van der Waals surface area (Å²) in [6, 6.07) is 14.7. The van der Waals surface area contributed by atoms with Gasteiger partial charge in [-0.3, -0.25) is 4.31 Å². The number of sulfonamides is 1. The van der Waals surface area contributed by atoms with Gasteiger partial charge in [-0.1, -0.05) is 23.7 Å². The van der Waals surface area contributed by atoms with Crippen molar-refractivity contribution in [3.05, 3.63) is 59.1 Å². The highest BCUT2D eigenvalue weighted by atomic mass is 35.5. The van der Waals surface area contributed by atoms with Gasteiger partial charge in [0.15, 0.2) is 0 Å². The van der Waals surface area contributed by atoms with Crippen molar-refractivity contribution in [2.24, 2.45) is 0 Å². The fourth-order valence-corrected chi connectivity index (χ4v) is 4.22. The summed E-state index contributed by atoms with van der Waals surface area (Å²) in [5.74, 6) is 1.02. The Hall–Kier alpha value is -1.80. The number of hydrogen-bond donors (Lipinski definition) is 1. The van der Waals surface area contributed by atoms with Gasteiger partial charge in [0, 0.05) is 25.2 Å². The highest BCUT2D eigenvalue weighted by molar-refractivity contribution is 7.92. The van der Waals surface area contributed by atoms with Gasteiger partial charge >= 0.3 is 0 Å². The molecule has 0 aliphatic carbocycles. The highest BCUT2D eigenvalue weighted by Crippen LogP contribution is 2.28. The van der Waals surface area contributed by atoms with Crippen molar-refractivity contribution in [3.63, 3.8) is 0 Å². The number of aliphatic hydroxyl groups is 1. The number of nitrogens with zero attached hydrogens (tertiary/aromatic N) is 2. The molecule has 0 bridgehead atoms. The van der Waals surface area contributed by atoms with Gasteiger partial charge in [-0.25, -0.2) is 8.42 Å². The minimum atomic E-state index is -3.30. The molecule has 29 heavy (non-hydrogen) atoms. The van der Waals surface area contributed by atoms with Crippen LogP contribution in [0, 0.1) is 0 Å². The van der Waals surface area contributed by atoms with Gasteiger partial charge in [0.25, 0.3) is 0 Å². The summed E-state index contributed by atoms with van der Waals surface area (Å²) in [6.07, 6.45) is 1.60. The molecule has 1 saturated heterocycles. The van der Waals surface area contributed by atoms with Gasteiger partial charge in [-0.05, 0) is 60.8 Å². The van der Waals surface area contributed by atoms with Crippen LogP contribution in [0.5, 0.6) is 5.75 Å². The third-order valence-electron chi connectivity index (χ3n) is 5.20. The number of rotatable bonds is 8. The molecule has 0 aromatic heterocycles. The number of ether oxygens (including phenoxy) is 1. The van der Waals surface area contributed by atoms with Gasteiger partial charge in [-0.2, -0.15) is 0 Å². The van der Waals surface area contributed by atoms with Gasteiger partial charge < -0.3 is 14.7 Å². The van der Waals surface area contributed by atoms with Crippen molar-refractivity contribution in [2.75, 3.05) is 43.8 Å². The second kappa shape index (κ2) is 9.34. The van der Waals surface area contributed by atoms with Crippen LogP contribution >= 0.6 is 11.6 Å². The molecule has 1 heterocycles. The summed E-state index contributed by atoms with van der Waals surface area (Å²) >= 11 is 6.09. The van der Waals surface area contributed by atoms with Crippen molar-refractivity contribution >= 4 is 27.3 Å². The van der Waals surface area contributed by atoms with Gasteiger partial charge in [-0.15, -0.1) is 0 Å². The molecule has 2 aromatic rings. The molecular formula is C21H27ClN2O4S. The Morgan fingerprint density at radius 3 is 2.66 bits per heavy atom. The molecule has 1 aliphatic heterocycles. The molecule has 0 amide bonds. The molecule has 8 heteroatoms. The maximum absolute atomic E-state index is 11.6. The first-order valence-corrected chi connectivity index (χ1v) is 11.8. The number of benzene rings is 2. The van der Waals surface area contributed by atoms with Gasteiger partial charge in [0.1, 0.15) is 18.5 Å². The number of halogens is 1. The van der Waals surface area contributed by atoms with Crippen LogP contribution in [0.3, 0.4) is 0 Å². The van der Waals surface area contributed by atoms with Gasteiger partial charge in [0.05, 0.1) is 11.9 Å². The topological polar surface area (TPSA) is 70.1 Å². The van der Waals surface area contributed by atoms with Crippen LogP contribution in [0.25, 0.3) is 0 Å². The van der Waals surface area contributed by atoms with E-state index in [4.69, 9.17) is 16.3 Å². The Morgan fingerprint density at radius 1 is 1.28 bits per heavy atom. The van der Waals surface area contributed by atoms with E-state index in [1.807, 2.05) is 18.2 Å². The van der Waals surface area contributed by atoms with Crippen LogP contribution in [-0.4, -0.2) is 64.1 Å². The molecule has 6 nitrogen and oxygen atoms in total. The first-order chi connectivity index (χ1) is 13.7. The Balaban J connectivity index is 1.46. The zero-order valence-electron chi connectivity index (χ0n) is 16.7. The average molecular weight is 439 g/mol. The minimum Gasteiger partial charge on any atom is -0.491 e. The molecule has 158 valence electrons. The minimum absolute atomic E-state index is 0.180. The predicted molar refractivity (Wildman–Crippen MR) is 116 cm³/mol. The number of anilines is 1. The first-order valence-electron chi connectivity index (χ1n) is 9.55. The summed E-state index contributed by atoms with van der Waals surface area (Å²) in [6.45, 7) is 2.55. The van der Waals surface area contributed by atoms with Crippen molar-refractivity contribution in [1.29, 1.82) is 0 Å². The lowest BCUT2D eigenvalue weighted by Crippen LogP contribution is -2.34. The summed E-state index contributed by atoms with van der Waals surface area (Å²) < 4.78 is 30.0. The number of likely N-dealkylation sites (tertiary alicyclic amines) is 1. The van der Waals surface area contributed by atoms with E-state index in [0.717, 1.165) is 30.8 Å². The molecule has 2 atom stereocenters. The number of hydrogen-bond acceptors (Lipinski definition) is 5. The molecule has 1 aliphatic rings. The average Bonchev–Trinajstić information content (AvgIpc) is 3.14. The Labute approximate surface area is 177 Å². The summed E-state index contributed by atoms with van der Waals surface area (Å²) in [5.41, 5.74) is 1.80. The van der Waals surface area contributed by atoms with Crippen molar-refractivity contribution in [1.82, 2.24) is 4.90 Å². The number of β-amino-alcohol motifs (C(OH)–C–C–N with tert-alkyl or cyclic N) is 1. The molecule has 2 aromatic carbocycles. The van der Waals surface area contributed by atoms with E-state index in [-0.39, 0.29) is 6.61 Å². The normalized spacial score (nSPS) is 18.6. The van der Waals surface area contributed by atoms with Crippen molar-refractivity contribution < 1.29 is 18.3 Å². The van der Waals surface area contributed by atoms with Crippen molar-refractivity contribution in [3.8, 4) is 5.75 Å². The second-order valence-corrected chi connectivity index (χ2v) is 9.94. The smallest absolute Gasteiger partial charge is 0.231 e. The maximum Gasteiger partial charge on any atom is 0.231 e. The fraction of sp³-hybridized carbons (Fsp3) is 0.429. The van der Waals surface area contributed by atoms with E-state index in [0.29, 0.717) is 23.9 Å². The Morgan fingerprint density at radius 2 is 2.00 bits per heavy atom. The van der Waals surface area contributed by atoms with E-state index in [9.17, 15) is 13.5 Å².